The lowest BCUT2D eigenvalue weighted by atomic mass is 11.8. The van der Waals surface area contributed by atoms with E-state index in [1.54, 1.807) is 7.11 Å². The molecule has 0 rings (SSSR count). The Hall–Kier alpha value is 0.394. The summed E-state index contributed by atoms with van der Waals surface area (Å²) in [6.07, 6.45) is 0. The van der Waals surface area contributed by atoms with Gasteiger partial charge in [0.25, 0.3) is 0 Å². The van der Waals surface area contributed by atoms with Crippen molar-refractivity contribution in [2.45, 2.75) is 39.3 Å². The molecule has 1 nitrogen and oxygen atoms in total. The Morgan fingerprint density at radius 2 is 1.10 bits per heavy atom. The van der Waals surface area contributed by atoms with E-state index in [1.807, 2.05) is 0 Å². The van der Waals surface area contributed by atoms with Gasteiger partial charge in [-0.15, -0.1) is 0 Å². The maximum absolute atomic E-state index is 5.08. The van der Waals surface area contributed by atoms with Crippen LogP contribution in [0.3, 0.4) is 0 Å². The van der Waals surface area contributed by atoms with Crippen LogP contribution in [0.2, 0.25) is 39.3 Å². The Kier molecular flexibility index (Phi) is 7.98. The van der Waals surface area contributed by atoms with Crippen molar-refractivity contribution >= 4 is 17.1 Å². The lowest BCUT2D eigenvalue weighted by Gasteiger charge is -2.10. The molecule has 0 N–H and O–H groups in total. The van der Waals surface area contributed by atoms with Gasteiger partial charge in [0.15, 0.2) is 8.32 Å². The van der Waals surface area contributed by atoms with Crippen LogP contribution in [0.1, 0.15) is 0 Å². The summed E-state index contributed by atoms with van der Waals surface area (Å²) in [5.41, 5.74) is 0. The van der Waals surface area contributed by atoms with Crippen LogP contribution in [0, 0.1) is 0 Å². The highest BCUT2D eigenvalue weighted by Crippen LogP contribution is 1.97. The molecule has 0 atom stereocenters. The summed E-state index contributed by atoms with van der Waals surface area (Å²) in [5, 5.41) is 0. The lowest BCUT2D eigenvalue weighted by molar-refractivity contribution is 0.411. The van der Waals surface area contributed by atoms with Crippen molar-refractivity contribution in [1.29, 1.82) is 0 Å². The third-order valence-corrected chi connectivity index (χ3v) is 1.84. The van der Waals surface area contributed by atoms with Crippen LogP contribution in [-0.2, 0) is 4.43 Å². The fraction of sp³-hybridized carbons (Fsp3) is 1.00. The Balaban J connectivity index is 0. The van der Waals surface area contributed by atoms with Crippen molar-refractivity contribution in [3.05, 3.63) is 0 Å². The normalized spacial score (nSPS) is 10.8. The van der Waals surface area contributed by atoms with Gasteiger partial charge in [0.1, 0.15) is 0 Å². The van der Waals surface area contributed by atoms with Gasteiger partial charge < -0.3 is 4.43 Å². The predicted molar refractivity (Wildman–Crippen MR) is 55.1 cm³/mol. The zero-order valence-electron chi connectivity index (χ0n) is 8.49. The Labute approximate surface area is 68.5 Å². The highest BCUT2D eigenvalue weighted by molar-refractivity contribution is 6.69. The van der Waals surface area contributed by atoms with E-state index in [1.165, 1.54) is 0 Å². The Morgan fingerprint density at radius 1 is 1.00 bits per heavy atom. The van der Waals surface area contributed by atoms with Gasteiger partial charge in [0.05, 0.1) is 0 Å². The maximum Gasteiger partial charge on any atom is 0.183 e. The number of hydrogen-bond acceptors (Lipinski definition) is 1. The van der Waals surface area contributed by atoms with E-state index in [2.05, 4.69) is 39.3 Å². The van der Waals surface area contributed by atoms with E-state index in [0.717, 1.165) is 0 Å². The third-order valence-electron chi connectivity index (χ3n) is 0.612. The summed E-state index contributed by atoms with van der Waals surface area (Å²) in [6.45, 7) is 13.4. The molecule has 0 fully saturated rings. The van der Waals surface area contributed by atoms with Crippen molar-refractivity contribution in [3.8, 4) is 0 Å². The molecule has 0 aliphatic heterocycles. The molecule has 3 heteroatoms. The zero-order valence-corrected chi connectivity index (χ0v) is 10.6. The van der Waals surface area contributed by atoms with Crippen LogP contribution in [0.25, 0.3) is 0 Å². The van der Waals surface area contributed by atoms with Gasteiger partial charge in [-0.1, -0.05) is 19.6 Å². The van der Waals surface area contributed by atoms with Gasteiger partial charge in [0.2, 0.25) is 0 Å². The molecule has 0 aromatic carbocycles. The van der Waals surface area contributed by atoms with Gasteiger partial charge in [-0.25, -0.2) is 0 Å². The van der Waals surface area contributed by atoms with Crippen molar-refractivity contribution in [2.24, 2.45) is 0 Å². The standard InChI is InChI=1S/C4H12OSi.C3H10Si/c1-5-6(2,3)4;1-4(2)3/h1-4H3;4H,1-3H3. The lowest BCUT2D eigenvalue weighted by Crippen LogP contribution is -2.22. The minimum absolute atomic E-state index is 0.139. The molecule has 0 aromatic rings. The van der Waals surface area contributed by atoms with E-state index in [-0.39, 0.29) is 8.80 Å². The first-order valence-electron chi connectivity index (χ1n) is 3.84. The average molecular weight is 178 g/mol. The van der Waals surface area contributed by atoms with E-state index in [9.17, 15) is 0 Å². The highest BCUT2D eigenvalue weighted by atomic mass is 28.4. The highest BCUT2D eigenvalue weighted by Gasteiger charge is 2.09. The van der Waals surface area contributed by atoms with Crippen molar-refractivity contribution in [3.63, 3.8) is 0 Å². The van der Waals surface area contributed by atoms with Gasteiger partial charge in [-0.2, -0.15) is 0 Å². The maximum atomic E-state index is 5.08. The van der Waals surface area contributed by atoms with Crippen LogP contribution >= 0.6 is 0 Å². The molecule has 0 saturated heterocycles. The zero-order chi connectivity index (χ0) is 8.78. The predicted octanol–water partition coefficient (Wildman–Crippen LogP) is 2.57. The fourth-order valence-electron chi connectivity index (χ4n) is 0. The smallest absolute Gasteiger partial charge is 0.183 e. The van der Waals surface area contributed by atoms with Gasteiger partial charge >= 0.3 is 0 Å². The molecule has 0 amide bonds. The summed E-state index contributed by atoms with van der Waals surface area (Å²) in [7, 11) is 0.500. The van der Waals surface area contributed by atoms with Gasteiger partial charge in [-0.05, 0) is 19.6 Å². The van der Waals surface area contributed by atoms with Crippen LogP contribution in [0.15, 0.2) is 0 Å². The average Bonchev–Trinajstić information content (AvgIpc) is 1.63. The van der Waals surface area contributed by atoms with Crippen molar-refractivity contribution in [1.82, 2.24) is 0 Å². The Bertz CT molecular complexity index is 63.7. The molecule has 0 aliphatic carbocycles. The van der Waals surface area contributed by atoms with E-state index in [0.29, 0.717) is 0 Å². The van der Waals surface area contributed by atoms with Crippen LogP contribution in [0.5, 0.6) is 0 Å². The fourth-order valence-corrected chi connectivity index (χ4v) is 0. The SMILES string of the molecule is CO[Si](C)(C)C.C[SiH](C)C. The van der Waals surface area contributed by atoms with Gasteiger partial charge in [-0.3, -0.25) is 0 Å². The quantitative estimate of drug-likeness (QED) is 0.561. The van der Waals surface area contributed by atoms with Crippen LogP contribution < -0.4 is 0 Å². The summed E-state index contributed by atoms with van der Waals surface area (Å²) in [4.78, 5) is 0. The Morgan fingerprint density at radius 3 is 1.10 bits per heavy atom. The van der Waals surface area contributed by atoms with Crippen molar-refractivity contribution in [2.75, 3.05) is 7.11 Å². The first-order chi connectivity index (χ1) is 4.29. The molecular formula is C7H22OSi2. The number of hydrogen-bond donors (Lipinski definition) is 0. The second kappa shape index (κ2) is 6.13. The molecule has 0 spiro atoms. The third kappa shape index (κ3) is 39.8. The molecule has 0 heterocycles. The molecule has 0 unspecified atom stereocenters. The minimum atomic E-state index is -1.13. The molecule has 0 radical (unpaired) electrons. The largest absolute Gasteiger partial charge is 0.421 e. The summed E-state index contributed by atoms with van der Waals surface area (Å²) in [6, 6.07) is 0. The van der Waals surface area contributed by atoms with Crippen LogP contribution in [0.4, 0.5) is 0 Å². The summed E-state index contributed by atoms with van der Waals surface area (Å²) >= 11 is 0. The van der Waals surface area contributed by atoms with Crippen molar-refractivity contribution < 1.29 is 4.43 Å². The van der Waals surface area contributed by atoms with E-state index < -0.39 is 8.32 Å². The van der Waals surface area contributed by atoms with Crippen LogP contribution in [-0.4, -0.2) is 24.2 Å². The summed E-state index contributed by atoms with van der Waals surface area (Å²) < 4.78 is 5.08. The van der Waals surface area contributed by atoms with Gasteiger partial charge in [0, 0.05) is 15.9 Å². The van der Waals surface area contributed by atoms with E-state index in [4.69, 9.17) is 4.43 Å². The first-order valence-corrected chi connectivity index (χ1v) is 10.7. The number of rotatable bonds is 1. The topological polar surface area (TPSA) is 9.23 Å². The monoisotopic (exact) mass is 178 g/mol. The second-order valence-corrected chi connectivity index (χ2v) is 12.1. The molecule has 64 valence electrons. The molecule has 0 aromatic heterocycles. The summed E-state index contributed by atoms with van der Waals surface area (Å²) in [5.74, 6) is 0. The first kappa shape index (κ1) is 13.0. The molecular weight excluding hydrogens is 156 g/mol. The molecule has 0 saturated carbocycles. The second-order valence-electron chi connectivity index (χ2n) is 4.05. The molecule has 0 bridgehead atoms. The molecule has 0 aliphatic rings. The molecule has 10 heavy (non-hydrogen) atoms. The minimum Gasteiger partial charge on any atom is -0.421 e. The van der Waals surface area contributed by atoms with E-state index >= 15 is 0 Å².